The van der Waals surface area contributed by atoms with Crippen LogP contribution in [0.3, 0.4) is 0 Å². The second kappa shape index (κ2) is 4.22. The molecule has 0 radical (unpaired) electrons. The topological polar surface area (TPSA) is 20.2 Å². The minimum absolute atomic E-state index is 0.229. The summed E-state index contributed by atoms with van der Waals surface area (Å²) in [5.41, 5.74) is 0.493. The van der Waals surface area contributed by atoms with Crippen molar-refractivity contribution in [1.29, 1.82) is 0 Å². The van der Waals surface area contributed by atoms with Gasteiger partial charge in [0.1, 0.15) is 17.4 Å². The predicted octanol–water partition coefficient (Wildman–Crippen LogP) is 4.10. The quantitative estimate of drug-likeness (QED) is 0.836. The van der Waals surface area contributed by atoms with E-state index in [0.717, 1.165) is 6.07 Å². The molecular formula is C12H7BrF2O. The van der Waals surface area contributed by atoms with E-state index in [-0.39, 0.29) is 16.9 Å². The lowest BCUT2D eigenvalue weighted by molar-refractivity contribution is 0.470. The number of hydrogen-bond acceptors (Lipinski definition) is 1. The molecule has 1 N–H and O–H groups in total. The van der Waals surface area contributed by atoms with Gasteiger partial charge in [0.25, 0.3) is 0 Å². The second-order valence-corrected chi connectivity index (χ2v) is 4.12. The van der Waals surface area contributed by atoms with Crippen LogP contribution >= 0.6 is 15.9 Å². The number of phenolic OH excluding ortho intramolecular Hbond substituents is 1. The summed E-state index contributed by atoms with van der Waals surface area (Å²) in [5.74, 6) is -1.32. The van der Waals surface area contributed by atoms with Gasteiger partial charge in [0.2, 0.25) is 0 Å². The summed E-state index contributed by atoms with van der Waals surface area (Å²) >= 11 is 3.05. The highest BCUT2D eigenvalue weighted by atomic mass is 79.9. The van der Waals surface area contributed by atoms with Crippen LogP contribution in [0.2, 0.25) is 0 Å². The smallest absolute Gasteiger partial charge is 0.145 e. The highest BCUT2D eigenvalue weighted by Crippen LogP contribution is 2.33. The standard InChI is InChI=1S/C12H7BrF2O/c13-10-3-1-2-9(12(10)15)8-5-4-7(14)6-11(8)16/h1-6,16H. The molecule has 0 aliphatic carbocycles. The Morgan fingerprint density at radius 1 is 1.00 bits per heavy atom. The van der Waals surface area contributed by atoms with Crippen molar-refractivity contribution >= 4 is 15.9 Å². The van der Waals surface area contributed by atoms with Crippen molar-refractivity contribution in [3.8, 4) is 16.9 Å². The van der Waals surface area contributed by atoms with Gasteiger partial charge in [-0.3, -0.25) is 0 Å². The van der Waals surface area contributed by atoms with Crippen molar-refractivity contribution in [3.05, 3.63) is 52.5 Å². The van der Waals surface area contributed by atoms with Gasteiger partial charge in [0.15, 0.2) is 0 Å². The molecule has 0 aromatic heterocycles. The highest BCUT2D eigenvalue weighted by molar-refractivity contribution is 9.10. The second-order valence-electron chi connectivity index (χ2n) is 3.26. The average molecular weight is 285 g/mol. The first-order valence-electron chi connectivity index (χ1n) is 4.52. The Kier molecular flexibility index (Phi) is 2.92. The largest absolute Gasteiger partial charge is 0.507 e. The minimum Gasteiger partial charge on any atom is -0.507 e. The van der Waals surface area contributed by atoms with Crippen molar-refractivity contribution in [3.63, 3.8) is 0 Å². The zero-order valence-corrected chi connectivity index (χ0v) is 9.63. The van der Waals surface area contributed by atoms with Crippen LogP contribution in [-0.2, 0) is 0 Å². The minimum atomic E-state index is -0.559. The van der Waals surface area contributed by atoms with Gasteiger partial charge in [0.05, 0.1) is 4.47 Å². The Hall–Kier alpha value is -1.42. The van der Waals surface area contributed by atoms with Crippen LogP contribution in [0, 0.1) is 11.6 Å². The van der Waals surface area contributed by atoms with Crippen molar-refractivity contribution in [2.24, 2.45) is 0 Å². The van der Waals surface area contributed by atoms with Crippen molar-refractivity contribution in [2.75, 3.05) is 0 Å². The maximum absolute atomic E-state index is 13.7. The number of hydrogen-bond donors (Lipinski definition) is 1. The molecule has 2 aromatic rings. The first kappa shape index (κ1) is 11.1. The highest BCUT2D eigenvalue weighted by Gasteiger charge is 2.12. The lowest BCUT2D eigenvalue weighted by Gasteiger charge is -2.07. The van der Waals surface area contributed by atoms with E-state index in [4.69, 9.17) is 0 Å². The fraction of sp³-hybridized carbons (Fsp3) is 0. The molecule has 0 saturated heterocycles. The van der Waals surface area contributed by atoms with Crippen LogP contribution in [0.25, 0.3) is 11.1 Å². The van der Waals surface area contributed by atoms with Crippen LogP contribution < -0.4 is 0 Å². The first-order valence-corrected chi connectivity index (χ1v) is 5.32. The third-order valence-corrected chi connectivity index (χ3v) is 2.81. The first-order chi connectivity index (χ1) is 7.59. The molecule has 0 unspecified atom stereocenters. The van der Waals surface area contributed by atoms with Crippen molar-refractivity contribution < 1.29 is 13.9 Å². The monoisotopic (exact) mass is 284 g/mol. The molecule has 16 heavy (non-hydrogen) atoms. The molecule has 82 valence electrons. The molecule has 0 spiro atoms. The molecule has 1 nitrogen and oxygen atoms in total. The Morgan fingerprint density at radius 2 is 1.75 bits per heavy atom. The number of benzene rings is 2. The van der Waals surface area contributed by atoms with Gasteiger partial charge >= 0.3 is 0 Å². The molecule has 0 heterocycles. The molecular weight excluding hydrogens is 278 g/mol. The zero-order valence-electron chi connectivity index (χ0n) is 8.05. The molecule has 0 amide bonds. The van der Waals surface area contributed by atoms with Gasteiger partial charge in [-0.25, -0.2) is 8.78 Å². The predicted molar refractivity (Wildman–Crippen MR) is 61.2 cm³/mol. The summed E-state index contributed by atoms with van der Waals surface area (Å²) in [6.45, 7) is 0. The fourth-order valence-corrected chi connectivity index (χ4v) is 1.81. The van der Waals surface area contributed by atoms with Crippen LogP contribution in [0.1, 0.15) is 0 Å². The van der Waals surface area contributed by atoms with E-state index in [9.17, 15) is 13.9 Å². The lowest BCUT2D eigenvalue weighted by atomic mass is 10.0. The van der Waals surface area contributed by atoms with E-state index < -0.39 is 11.6 Å². The van der Waals surface area contributed by atoms with E-state index in [0.29, 0.717) is 4.47 Å². The van der Waals surface area contributed by atoms with E-state index >= 15 is 0 Å². The number of phenols is 1. The average Bonchev–Trinajstić information content (AvgIpc) is 2.23. The normalized spacial score (nSPS) is 10.4. The van der Waals surface area contributed by atoms with Crippen LogP contribution in [0.15, 0.2) is 40.9 Å². The van der Waals surface area contributed by atoms with E-state index in [1.807, 2.05) is 0 Å². The third-order valence-electron chi connectivity index (χ3n) is 2.20. The summed E-state index contributed by atoms with van der Waals surface area (Å²) in [6, 6.07) is 8.19. The number of rotatable bonds is 1. The summed E-state index contributed by atoms with van der Waals surface area (Å²) in [5, 5.41) is 9.54. The number of aromatic hydroxyl groups is 1. The zero-order chi connectivity index (χ0) is 11.7. The summed E-state index contributed by atoms with van der Waals surface area (Å²) in [4.78, 5) is 0. The summed E-state index contributed by atoms with van der Waals surface area (Å²) < 4.78 is 26.8. The summed E-state index contributed by atoms with van der Waals surface area (Å²) in [7, 11) is 0. The Labute approximate surface area is 99.5 Å². The lowest BCUT2D eigenvalue weighted by Crippen LogP contribution is -1.87. The molecule has 0 bridgehead atoms. The maximum atomic E-state index is 13.7. The Balaban J connectivity index is 2.63. The van der Waals surface area contributed by atoms with Gasteiger partial charge in [-0.1, -0.05) is 12.1 Å². The molecule has 4 heteroatoms. The van der Waals surface area contributed by atoms with E-state index in [1.165, 1.54) is 18.2 Å². The van der Waals surface area contributed by atoms with Crippen molar-refractivity contribution in [1.82, 2.24) is 0 Å². The molecule has 0 fully saturated rings. The molecule has 0 atom stereocenters. The van der Waals surface area contributed by atoms with Gasteiger partial charge < -0.3 is 5.11 Å². The van der Waals surface area contributed by atoms with E-state index in [1.54, 1.807) is 12.1 Å². The summed E-state index contributed by atoms with van der Waals surface area (Å²) in [6.07, 6.45) is 0. The maximum Gasteiger partial charge on any atom is 0.145 e. The molecule has 0 aliphatic rings. The molecule has 2 aromatic carbocycles. The van der Waals surface area contributed by atoms with Crippen LogP contribution in [-0.4, -0.2) is 5.11 Å². The van der Waals surface area contributed by atoms with Crippen LogP contribution in [0.4, 0.5) is 8.78 Å². The molecule has 0 aliphatic heterocycles. The number of halogens is 3. The third kappa shape index (κ3) is 1.93. The van der Waals surface area contributed by atoms with Gasteiger partial charge in [0, 0.05) is 17.2 Å². The SMILES string of the molecule is Oc1cc(F)ccc1-c1cccc(Br)c1F. The van der Waals surface area contributed by atoms with E-state index in [2.05, 4.69) is 15.9 Å². The Morgan fingerprint density at radius 3 is 2.44 bits per heavy atom. The molecule has 0 saturated carbocycles. The van der Waals surface area contributed by atoms with Crippen LogP contribution in [0.5, 0.6) is 5.75 Å². The molecule has 2 rings (SSSR count). The fourth-order valence-electron chi connectivity index (χ4n) is 1.44. The van der Waals surface area contributed by atoms with Crippen molar-refractivity contribution in [2.45, 2.75) is 0 Å². The Bertz CT molecular complexity index is 541. The van der Waals surface area contributed by atoms with Gasteiger partial charge in [-0.05, 0) is 34.1 Å². The van der Waals surface area contributed by atoms with Gasteiger partial charge in [-0.2, -0.15) is 0 Å². The van der Waals surface area contributed by atoms with Gasteiger partial charge in [-0.15, -0.1) is 0 Å².